The Hall–Kier alpha value is -2.13. The molecule has 1 heterocycles. The van der Waals surface area contributed by atoms with Crippen LogP contribution >= 0.6 is 0 Å². The lowest BCUT2D eigenvalue weighted by atomic mass is 10.0. The molecule has 23 heavy (non-hydrogen) atoms. The Morgan fingerprint density at radius 3 is 2.91 bits per heavy atom. The van der Waals surface area contributed by atoms with E-state index in [-0.39, 0.29) is 0 Å². The second-order valence-electron chi connectivity index (χ2n) is 6.74. The van der Waals surface area contributed by atoms with Crippen molar-refractivity contribution in [2.45, 2.75) is 45.2 Å². The Balaban J connectivity index is 1.49. The molecule has 1 fully saturated rings. The predicted molar refractivity (Wildman–Crippen MR) is 94.5 cm³/mol. The fraction of sp³-hybridized carbons (Fsp3) is 0.350. The number of rotatable bonds is 5. The number of H-pyrrole nitrogens is 1. The van der Waals surface area contributed by atoms with Gasteiger partial charge in [-0.3, -0.25) is 5.10 Å². The van der Waals surface area contributed by atoms with Gasteiger partial charge in [-0.15, -0.1) is 0 Å². The molecule has 1 unspecified atom stereocenters. The van der Waals surface area contributed by atoms with Gasteiger partial charge in [0.1, 0.15) is 0 Å². The Kier molecular flexibility index (Phi) is 3.66. The molecule has 0 bridgehead atoms. The van der Waals surface area contributed by atoms with Crippen molar-refractivity contribution >= 4 is 10.9 Å². The lowest BCUT2D eigenvalue weighted by Gasteiger charge is -2.16. The monoisotopic (exact) mass is 305 g/mol. The number of hydrogen-bond acceptors (Lipinski definition) is 2. The lowest BCUT2D eigenvalue weighted by Crippen LogP contribution is -2.18. The molecule has 0 aliphatic heterocycles. The van der Waals surface area contributed by atoms with Gasteiger partial charge in [-0.1, -0.05) is 30.3 Å². The smallest absolute Gasteiger partial charge is 0.0653 e. The summed E-state index contributed by atoms with van der Waals surface area (Å²) in [6, 6.07) is 13.6. The van der Waals surface area contributed by atoms with Gasteiger partial charge in [0.25, 0.3) is 0 Å². The van der Waals surface area contributed by atoms with E-state index in [0.717, 1.165) is 18.0 Å². The van der Waals surface area contributed by atoms with Crippen LogP contribution in [0.1, 0.15) is 54.0 Å². The molecular weight excluding hydrogens is 282 g/mol. The highest BCUT2D eigenvalue weighted by Crippen LogP contribution is 2.40. The SMILES string of the molecule is Cc1cc(C2CC2)ccc1CNC(C)c1cccc2[nH]ncc12. The van der Waals surface area contributed by atoms with E-state index in [2.05, 4.69) is 65.8 Å². The summed E-state index contributed by atoms with van der Waals surface area (Å²) in [7, 11) is 0. The fourth-order valence-corrected chi connectivity index (χ4v) is 3.33. The zero-order valence-electron chi connectivity index (χ0n) is 13.8. The largest absolute Gasteiger partial charge is 0.306 e. The van der Waals surface area contributed by atoms with E-state index in [9.17, 15) is 0 Å². The predicted octanol–water partition coefficient (Wildman–Crippen LogP) is 4.60. The first kappa shape index (κ1) is 14.5. The van der Waals surface area contributed by atoms with Gasteiger partial charge >= 0.3 is 0 Å². The number of nitrogens with zero attached hydrogens (tertiary/aromatic N) is 1. The van der Waals surface area contributed by atoms with Gasteiger partial charge in [0, 0.05) is 18.0 Å². The van der Waals surface area contributed by atoms with E-state index in [4.69, 9.17) is 0 Å². The number of benzene rings is 2. The van der Waals surface area contributed by atoms with Crippen LogP contribution in [0.25, 0.3) is 10.9 Å². The minimum Gasteiger partial charge on any atom is -0.306 e. The maximum absolute atomic E-state index is 4.16. The number of aromatic nitrogens is 2. The van der Waals surface area contributed by atoms with Crippen molar-refractivity contribution in [3.8, 4) is 0 Å². The Labute approximate surface area is 137 Å². The van der Waals surface area contributed by atoms with E-state index < -0.39 is 0 Å². The summed E-state index contributed by atoms with van der Waals surface area (Å²) in [6.07, 6.45) is 4.64. The van der Waals surface area contributed by atoms with Gasteiger partial charge < -0.3 is 5.32 Å². The minimum atomic E-state index is 0.291. The van der Waals surface area contributed by atoms with E-state index in [1.165, 1.54) is 40.5 Å². The van der Waals surface area contributed by atoms with Crippen molar-refractivity contribution in [3.63, 3.8) is 0 Å². The summed E-state index contributed by atoms with van der Waals surface area (Å²) < 4.78 is 0. The van der Waals surface area contributed by atoms with E-state index in [1.54, 1.807) is 0 Å². The number of hydrogen-bond donors (Lipinski definition) is 2. The molecule has 3 heteroatoms. The molecule has 2 N–H and O–H groups in total. The summed E-state index contributed by atoms with van der Waals surface area (Å²) in [6.45, 7) is 5.34. The van der Waals surface area contributed by atoms with Crippen molar-refractivity contribution in [1.82, 2.24) is 15.5 Å². The molecule has 0 saturated heterocycles. The second-order valence-corrected chi connectivity index (χ2v) is 6.74. The maximum atomic E-state index is 4.16. The molecule has 0 amide bonds. The molecule has 4 rings (SSSR count). The molecule has 0 radical (unpaired) electrons. The molecule has 1 aromatic heterocycles. The van der Waals surface area contributed by atoms with E-state index >= 15 is 0 Å². The van der Waals surface area contributed by atoms with Crippen LogP contribution in [0.5, 0.6) is 0 Å². The number of nitrogens with one attached hydrogen (secondary N) is 2. The normalized spacial score (nSPS) is 15.9. The van der Waals surface area contributed by atoms with E-state index in [0.29, 0.717) is 6.04 Å². The van der Waals surface area contributed by atoms with Crippen LogP contribution in [0, 0.1) is 6.92 Å². The highest BCUT2D eigenvalue weighted by molar-refractivity contribution is 5.82. The number of aryl methyl sites for hydroxylation is 1. The molecule has 2 aromatic carbocycles. The average Bonchev–Trinajstić information content (AvgIpc) is 3.30. The Morgan fingerprint density at radius 2 is 2.13 bits per heavy atom. The third-order valence-electron chi connectivity index (χ3n) is 5.00. The van der Waals surface area contributed by atoms with Crippen molar-refractivity contribution < 1.29 is 0 Å². The second kappa shape index (κ2) is 5.82. The van der Waals surface area contributed by atoms with Crippen molar-refractivity contribution in [2.75, 3.05) is 0 Å². The summed E-state index contributed by atoms with van der Waals surface area (Å²) in [5, 5.41) is 12.1. The third kappa shape index (κ3) is 2.89. The van der Waals surface area contributed by atoms with Crippen LogP contribution in [0.3, 0.4) is 0 Å². The van der Waals surface area contributed by atoms with E-state index in [1.807, 2.05) is 6.20 Å². The Bertz CT molecular complexity index is 830. The van der Waals surface area contributed by atoms with Gasteiger partial charge in [-0.05, 0) is 60.9 Å². The molecule has 3 nitrogen and oxygen atoms in total. The summed E-state index contributed by atoms with van der Waals surface area (Å²) in [5.41, 5.74) is 6.70. The van der Waals surface area contributed by atoms with Crippen LogP contribution in [-0.4, -0.2) is 10.2 Å². The van der Waals surface area contributed by atoms with Gasteiger partial charge in [0.15, 0.2) is 0 Å². The zero-order valence-corrected chi connectivity index (χ0v) is 13.8. The molecule has 118 valence electrons. The van der Waals surface area contributed by atoms with Crippen molar-refractivity contribution in [2.24, 2.45) is 0 Å². The highest BCUT2D eigenvalue weighted by atomic mass is 15.1. The average molecular weight is 305 g/mol. The number of aromatic amines is 1. The lowest BCUT2D eigenvalue weighted by molar-refractivity contribution is 0.576. The summed E-state index contributed by atoms with van der Waals surface area (Å²) >= 11 is 0. The molecule has 1 aliphatic carbocycles. The zero-order chi connectivity index (χ0) is 15.8. The first-order chi connectivity index (χ1) is 11.2. The van der Waals surface area contributed by atoms with Crippen LogP contribution in [0.2, 0.25) is 0 Å². The van der Waals surface area contributed by atoms with Crippen molar-refractivity contribution in [1.29, 1.82) is 0 Å². The van der Waals surface area contributed by atoms with Crippen LogP contribution in [0.4, 0.5) is 0 Å². The maximum Gasteiger partial charge on any atom is 0.0653 e. The fourth-order valence-electron chi connectivity index (χ4n) is 3.33. The van der Waals surface area contributed by atoms with Crippen LogP contribution in [-0.2, 0) is 6.54 Å². The van der Waals surface area contributed by atoms with Gasteiger partial charge in [-0.2, -0.15) is 5.10 Å². The van der Waals surface area contributed by atoms with Gasteiger partial charge in [0.05, 0.1) is 11.7 Å². The molecule has 0 spiro atoms. The molecular formula is C20H23N3. The minimum absolute atomic E-state index is 0.291. The van der Waals surface area contributed by atoms with Crippen LogP contribution in [0.15, 0.2) is 42.6 Å². The summed E-state index contributed by atoms with van der Waals surface area (Å²) in [5.74, 6) is 0.827. The number of fused-ring (bicyclic) bond motifs is 1. The molecule has 1 saturated carbocycles. The molecule has 1 aliphatic rings. The Morgan fingerprint density at radius 1 is 1.26 bits per heavy atom. The van der Waals surface area contributed by atoms with Crippen molar-refractivity contribution in [3.05, 3.63) is 64.8 Å². The first-order valence-corrected chi connectivity index (χ1v) is 8.47. The quantitative estimate of drug-likeness (QED) is 0.723. The first-order valence-electron chi connectivity index (χ1n) is 8.47. The molecule has 1 atom stereocenters. The van der Waals surface area contributed by atoms with Gasteiger partial charge in [0.2, 0.25) is 0 Å². The standard InChI is InChI=1S/C20H23N3/c1-13-10-16(15-6-7-15)8-9-17(13)11-21-14(2)18-4-3-5-20-19(18)12-22-23-20/h3-5,8-10,12,14-15,21H,6-7,11H2,1-2H3,(H,22,23). The van der Waals surface area contributed by atoms with Crippen LogP contribution < -0.4 is 5.32 Å². The summed E-state index contributed by atoms with van der Waals surface area (Å²) in [4.78, 5) is 0. The topological polar surface area (TPSA) is 40.7 Å². The highest BCUT2D eigenvalue weighted by Gasteiger charge is 2.23. The third-order valence-corrected chi connectivity index (χ3v) is 5.00. The van der Waals surface area contributed by atoms with Gasteiger partial charge in [-0.25, -0.2) is 0 Å². The molecule has 3 aromatic rings.